The van der Waals surface area contributed by atoms with Crippen molar-refractivity contribution in [3.63, 3.8) is 0 Å². The molecule has 6 heteroatoms. The maximum Gasteiger partial charge on any atom is 0.229 e. The standard InChI is InChI=1S/C17H21ClN2O3/c1-23-15-7-6-12(9-14(15)18)19-17(22)11-8-16(21)20(10-11)13-4-2-3-5-13/h6-7,9,11,13H,2-5,8,10H2,1H3,(H,19,22)/t11-/m1/s1. The van der Waals surface area contributed by atoms with Crippen LogP contribution < -0.4 is 10.1 Å². The molecule has 2 amide bonds. The Kier molecular flexibility index (Phi) is 4.76. The van der Waals surface area contributed by atoms with Crippen LogP contribution in [0.4, 0.5) is 5.69 Å². The summed E-state index contributed by atoms with van der Waals surface area (Å²) in [6.07, 6.45) is 4.78. The Morgan fingerprint density at radius 2 is 2.09 bits per heavy atom. The van der Waals surface area contributed by atoms with Gasteiger partial charge in [0.1, 0.15) is 5.75 Å². The Bertz CT molecular complexity index is 614. The zero-order valence-corrected chi connectivity index (χ0v) is 13.9. The molecule has 1 heterocycles. The second kappa shape index (κ2) is 6.79. The minimum Gasteiger partial charge on any atom is -0.495 e. The van der Waals surface area contributed by atoms with Crippen molar-refractivity contribution >= 4 is 29.1 Å². The molecule has 1 atom stereocenters. The zero-order chi connectivity index (χ0) is 16.4. The summed E-state index contributed by atoms with van der Waals surface area (Å²) in [5, 5.41) is 3.29. The van der Waals surface area contributed by atoms with Gasteiger partial charge in [-0.05, 0) is 31.0 Å². The number of hydrogen-bond donors (Lipinski definition) is 1. The van der Waals surface area contributed by atoms with Crippen LogP contribution in [0, 0.1) is 5.92 Å². The number of ether oxygens (including phenoxy) is 1. The SMILES string of the molecule is COc1ccc(NC(=O)[C@@H]2CC(=O)N(C3CCCC3)C2)cc1Cl. The first-order valence-electron chi connectivity index (χ1n) is 8.02. The third-order valence-corrected chi connectivity index (χ3v) is 5.01. The van der Waals surface area contributed by atoms with E-state index in [4.69, 9.17) is 16.3 Å². The van der Waals surface area contributed by atoms with Crippen LogP contribution in [-0.4, -0.2) is 36.4 Å². The van der Waals surface area contributed by atoms with Crippen molar-refractivity contribution in [3.05, 3.63) is 23.2 Å². The summed E-state index contributed by atoms with van der Waals surface area (Å²) in [7, 11) is 1.54. The summed E-state index contributed by atoms with van der Waals surface area (Å²) in [4.78, 5) is 26.5. The van der Waals surface area contributed by atoms with E-state index < -0.39 is 0 Å². The van der Waals surface area contributed by atoms with Gasteiger partial charge in [-0.2, -0.15) is 0 Å². The van der Waals surface area contributed by atoms with Gasteiger partial charge in [-0.25, -0.2) is 0 Å². The maximum absolute atomic E-state index is 12.4. The molecule has 1 aliphatic heterocycles. The summed E-state index contributed by atoms with van der Waals surface area (Å²) in [6, 6.07) is 5.44. The smallest absolute Gasteiger partial charge is 0.229 e. The van der Waals surface area contributed by atoms with E-state index in [0.29, 0.717) is 35.5 Å². The number of likely N-dealkylation sites (tertiary alicyclic amines) is 1. The second-order valence-corrected chi connectivity index (χ2v) is 6.63. The van der Waals surface area contributed by atoms with E-state index in [2.05, 4.69) is 5.32 Å². The molecular weight excluding hydrogens is 316 g/mol. The molecule has 3 rings (SSSR count). The van der Waals surface area contributed by atoms with Crippen LogP contribution in [0.25, 0.3) is 0 Å². The predicted molar refractivity (Wildman–Crippen MR) is 88.7 cm³/mol. The molecule has 1 saturated carbocycles. The Morgan fingerprint density at radius 3 is 2.74 bits per heavy atom. The van der Waals surface area contributed by atoms with Gasteiger partial charge in [-0.1, -0.05) is 24.4 Å². The summed E-state index contributed by atoms with van der Waals surface area (Å²) in [5.41, 5.74) is 0.618. The first-order chi connectivity index (χ1) is 11.1. The second-order valence-electron chi connectivity index (χ2n) is 6.22. The lowest BCUT2D eigenvalue weighted by Crippen LogP contribution is -2.35. The molecule has 0 bridgehead atoms. The van der Waals surface area contributed by atoms with Gasteiger partial charge in [0.05, 0.1) is 18.1 Å². The van der Waals surface area contributed by atoms with Gasteiger partial charge in [-0.3, -0.25) is 9.59 Å². The van der Waals surface area contributed by atoms with Crippen molar-refractivity contribution in [3.8, 4) is 5.75 Å². The first kappa shape index (κ1) is 16.1. The normalized spacial score (nSPS) is 21.7. The summed E-state index contributed by atoms with van der Waals surface area (Å²) in [6.45, 7) is 0.527. The highest BCUT2D eigenvalue weighted by Gasteiger charge is 2.38. The number of nitrogens with zero attached hydrogens (tertiary/aromatic N) is 1. The van der Waals surface area contributed by atoms with E-state index in [0.717, 1.165) is 12.8 Å². The van der Waals surface area contributed by atoms with Gasteiger partial charge in [0.25, 0.3) is 0 Å². The van der Waals surface area contributed by atoms with Crippen molar-refractivity contribution < 1.29 is 14.3 Å². The van der Waals surface area contributed by atoms with Crippen LogP contribution in [0.3, 0.4) is 0 Å². The molecular formula is C17H21ClN2O3. The zero-order valence-electron chi connectivity index (χ0n) is 13.2. The average molecular weight is 337 g/mol. The van der Waals surface area contributed by atoms with Crippen molar-refractivity contribution in [1.82, 2.24) is 4.90 Å². The third kappa shape index (κ3) is 3.44. The van der Waals surface area contributed by atoms with Crippen LogP contribution in [0.2, 0.25) is 5.02 Å². The van der Waals surface area contributed by atoms with Crippen LogP contribution in [0.15, 0.2) is 18.2 Å². The molecule has 124 valence electrons. The van der Waals surface area contributed by atoms with E-state index >= 15 is 0 Å². The van der Waals surface area contributed by atoms with E-state index in [1.54, 1.807) is 25.3 Å². The molecule has 2 aliphatic rings. The number of methoxy groups -OCH3 is 1. The van der Waals surface area contributed by atoms with E-state index in [-0.39, 0.29) is 17.7 Å². The van der Waals surface area contributed by atoms with Crippen LogP contribution in [0.5, 0.6) is 5.75 Å². The molecule has 2 fully saturated rings. The van der Waals surface area contributed by atoms with E-state index in [1.165, 1.54) is 12.8 Å². The summed E-state index contributed by atoms with van der Waals surface area (Å²) < 4.78 is 5.09. The Labute approximate surface area is 140 Å². The molecule has 1 saturated heterocycles. The monoisotopic (exact) mass is 336 g/mol. The van der Waals surface area contributed by atoms with Crippen LogP contribution >= 0.6 is 11.6 Å². The number of hydrogen-bond acceptors (Lipinski definition) is 3. The van der Waals surface area contributed by atoms with Crippen molar-refractivity contribution in [2.45, 2.75) is 38.1 Å². The Hall–Kier alpha value is -1.75. The van der Waals surface area contributed by atoms with Crippen LogP contribution in [-0.2, 0) is 9.59 Å². The van der Waals surface area contributed by atoms with Gasteiger partial charge >= 0.3 is 0 Å². The maximum atomic E-state index is 12.4. The number of benzene rings is 1. The average Bonchev–Trinajstić information content (AvgIpc) is 3.16. The molecule has 23 heavy (non-hydrogen) atoms. The number of amides is 2. The number of carbonyl (C=O) groups excluding carboxylic acids is 2. The number of rotatable bonds is 4. The van der Waals surface area contributed by atoms with Gasteiger partial charge in [0, 0.05) is 24.7 Å². The number of anilines is 1. The minimum absolute atomic E-state index is 0.102. The predicted octanol–water partition coefficient (Wildman–Crippen LogP) is 3.08. The third-order valence-electron chi connectivity index (χ3n) is 4.71. The molecule has 1 N–H and O–H groups in total. The molecule has 5 nitrogen and oxygen atoms in total. The fraction of sp³-hybridized carbons (Fsp3) is 0.529. The molecule has 0 radical (unpaired) electrons. The minimum atomic E-state index is -0.288. The highest BCUT2D eigenvalue weighted by atomic mass is 35.5. The number of carbonyl (C=O) groups is 2. The Balaban J connectivity index is 1.62. The number of nitrogens with one attached hydrogen (secondary N) is 1. The van der Waals surface area contributed by atoms with Crippen molar-refractivity contribution in [2.24, 2.45) is 5.92 Å². The molecule has 0 aromatic heterocycles. The van der Waals surface area contributed by atoms with Gasteiger partial charge in [0.2, 0.25) is 11.8 Å². The molecule has 1 aliphatic carbocycles. The molecule has 1 aromatic carbocycles. The largest absolute Gasteiger partial charge is 0.495 e. The van der Waals surface area contributed by atoms with Crippen molar-refractivity contribution in [1.29, 1.82) is 0 Å². The highest BCUT2D eigenvalue weighted by Crippen LogP contribution is 2.31. The lowest BCUT2D eigenvalue weighted by Gasteiger charge is -2.23. The summed E-state index contributed by atoms with van der Waals surface area (Å²) in [5.74, 6) is 0.252. The fourth-order valence-corrected chi connectivity index (χ4v) is 3.72. The quantitative estimate of drug-likeness (QED) is 0.919. The first-order valence-corrected chi connectivity index (χ1v) is 8.40. The van der Waals surface area contributed by atoms with E-state index in [1.807, 2.05) is 4.90 Å². The lowest BCUT2D eigenvalue weighted by atomic mass is 10.1. The van der Waals surface area contributed by atoms with Crippen LogP contribution in [0.1, 0.15) is 32.1 Å². The van der Waals surface area contributed by atoms with E-state index in [9.17, 15) is 9.59 Å². The summed E-state index contributed by atoms with van der Waals surface area (Å²) >= 11 is 6.07. The Morgan fingerprint density at radius 1 is 1.35 bits per heavy atom. The molecule has 0 spiro atoms. The van der Waals surface area contributed by atoms with Crippen molar-refractivity contribution in [2.75, 3.05) is 19.0 Å². The lowest BCUT2D eigenvalue weighted by molar-refractivity contribution is -0.129. The fourth-order valence-electron chi connectivity index (χ4n) is 3.46. The highest BCUT2D eigenvalue weighted by molar-refractivity contribution is 6.32. The van der Waals surface area contributed by atoms with Gasteiger partial charge < -0.3 is 15.0 Å². The molecule has 1 aromatic rings. The topological polar surface area (TPSA) is 58.6 Å². The number of halogens is 1. The van der Waals surface area contributed by atoms with Gasteiger partial charge in [-0.15, -0.1) is 0 Å². The van der Waals surface area contributed by atoms with Gasteiger partial charge in [0.15, 0.2) is 0 Å². The molecule has 0 unspecified atom stereocenters.